The molecule has 0 fully saturated rings. The molecule has 0 radical (unpaired) electrons. The normalized spacial score (nSPS) is 12.5. The number of hydrogen-bond donors (Lipinski definition) is 1. The number of amides is 1. The van der Waals surface area contributed by atoms with Gasteiger partial charge < -0.3 is 5.32 Å². The van der Waals surface area contributed by atoms with Crippen LogP contribution in [0.3, 0.4) is 0 Å². The molecule has 0 aliphatic rings. The Morgan fingerprint density at radius 1 is 1.21 bits per heavy atom. The van der Waals surface area contributed by atoms with Gasteiger partial charge in [0.2, 0.25) is 0 Å². The summed E-state index contributed by atoms with van der Waals surface area (Å²) in [7, 11) is 0. The molecule has 0 saturated heterocycles. The third-order valence-corrected chi connectivity index (χ3v) is 4.30. The Bertz CT molecular complexity index is 427. The molecule has 1 amide bonds. The highest BCUT2D eigenvalue weighted by molar-refractivity contribution is 6.21. The van der Waals surface area contributed by atoms with Gasteiger partial charge in [0.25, 0.3) is 5.91 Å². The summed E-state index contributed by atoms with van der Waals surface area (Å²) < 4.78 is 0. The van der Waals surface area contributed by atoms with Crippen LogP contribution >= 0.6 is 11.6 Å². The van der Waals surface area contributed by atoms with Crippen LogP contribution in [-0.2, 0) is 0 Å². The standard InChI is InChI=1S/C16H24ClNO/c1-5-13(6-2)15(17)10-18-16(19)14-8-7-11(3)12(4)9-14/h7-9,13,15H,5-6,10H2,1-4H3,(H,18,19). The number of alkyl halides is 1. The smallest absolute Gasteiger partial charge is 0.251 e. The fourth-order valence-electron chi connectivity index (χ4n) is 2.14. The van der Waals surface area contributed by atoms with E-state index in [1.54, 1.807) is 0 Å². The maximum absolute atomic E-state index is 12.0. The molecule has 0 aliphatic carbocycles. The van der Waals surface area contributed by atoms with Crippen molar-refractivity contribution in [1.82, 2.24) is 5.32 Å². The molecular formula is C16H24ClNO. The summed E-state index contributed by atoms with van der Waals surface area (Å²) in [5.74, 6) is 0.418. The maximum atomic E-state index is 12.0. The summed E-state index contributed by atoms with van der Waals surface area (Å²) >= 11 is 6.32. The number of carbonyl (C=O) groups is 1. The molecule has 0 bridgehead atoms. The second-order valence-electron chi connectivity index (χ2n) is 5.10. The molecule has 1 N–H and O–H groups in total. The first-order chi connectivity index (χ1) is 8.99. The van der Waals surface area contributed by atoms with Crippen molar-refractivity contribution in [2.24, 2.45) is 5.92 Å². The molecular weight excluding hydrogens is 258 g/mol. The van der Waals surface area contributed by atoms with Crippen LogP contribution in [0.4, 0.5) is 0 Å². The summed E-state index contributed by atoms with van der Waals surface area (Å²) in [4.78, 5) is 12.0. The zero-order valence-electron chi connectivity index (χ0n) is 12.3. The lowest BCUT2D eigenvalue weighted by Gasteiger charge is -2.19. The molecule has 0 saturated carbocycles. The zero-order valence-corrected chi connectivity index (χ0v) is 13.1. The molecule has 2 nitrogen and oxygen atoms in total. The highest BCUT2D eigenvalue weighted by Crippen LogP contribution is 2.18. The lowest BCUT2D eigenvalue weighted by molar-refractivity contribution is 0.0951. The lowest BCUT2D eigenvalue weighted by Crippen LogP contribution is -2.33. The average Bonchev–Trinajstić information content (AvgIpc) is 2.40. The summed E-state index contributed by atoms with van der Waals surface area (Å²) in [5.41, 5.74) is 3.04. The van der Waals surface area contributed by atoms with Crippen molar-refractivity contribution >= 4 is 17.5 Å². The second-order valence-corrected chi connectivity index (χ2v) is 5.66. The van der Waals surface area contributed by atoms with Crippen LogP contribution in [0.15, 0.2) is 18.2 Å². The van der Waals surface area contributed by atoms with E-state index in [1.165, 1.54) is 5.56 Å². The van der Waals surface area contributed by atoms with Crippen LogP contribution < -0.4 is 5.32 Å². The van der Waals surface area contributed by atoms with Gasteiger partial charge in [-0.3, -0.25) is 4.79 Å². The van der Waals surface area contributed by atoms with Gasteiger partial charge in [-0.25, -0.2) is 0 Å². The van der Waals surface area contributed by atoms with Crippen LogP contribution in [0.5, 0.6) is 0 Å². The number of benzene rings is 1. The van der Waals surface area contributed by atoms with Crippen LogP contribution in [0.25, 0.3) is 0 Å². The Morgan fingerprint density at radius 3 is 2.37 bits per heavy atom. The van der Waals surface area contributed by atoms with E-state index in [1.807, 2.05) is 32.0 Å². The van der Waals surface area contributed by atoms with Gasteiger partial charge in [-0.2, -0.15) is 0 Å². The Morgan fingerprint density at radius 2 is 1.84 bits per heavy atom. The van der Waals surface area contributed by atoms with Crippen molar-refractivity contribution in [1.29, 1.82) is 0 Å². The van der Waals surface area contributed by atoms with Gasteiger partial charge in [-0.05, 0) is 43.0 Å². The number of carbonyl (C=O) groups excluding carboxylic acids is 1. The van der Waals surface area contributed by atoms with Crippen molar-refractivity contribution in [3.63, 3.8) is 0 Å². The van der Waals surface area contributed by atoms with Crippen molar-refractivity contribution in [2.75, 3.05) is 6.54 Å². The second kappa shape index (κ2) is 7.54. The van der Waals surface area contributed by atoms with Crippen LogP contribution in [-0.4, -0.2) is 17.8 Å². The summed E-state index contributed by atoms with van der Waals surface area (Å²) in [6, 6.07) is 5.76. The predicted molar refractivity (Wildman–Crippen MR) is 82.0 cm³/mol. The quantitative estimate of drug-likeness (QED) is 0.782. The van der Waals surface area contributed by atoms with Gasteiger partial charge in [-0.15, -0.1) is 11.6 Å². The Kier molecular flexibility index (Phi) is 6.36. The predicted octanol–water partition coefficient (Wildman–Crippen LogP) is 4.08. The minimum atomic E-state index is -0.0419. The lowest BCUT2D eigenvalue weighted by atomic mass is 9.99. The van der Waals surface area contributed by atoms with Gasteiger partial charge in [0.15, 0.2) is 0 Å². The van der Waals surface area contributed by atoms with Crippen LogP contribution in [0, 0.1) is 19.8 Å². The van der Waals surface area contributed by atoms with Gasteiger partial charge in [0.1, 0.15) is 0 Å². The van der Waals surface area contributed by atoms with E-state index < -0.39 is 0 Å². The molecule has 1 unspecified atom stereocenters. The minimum absolute atomic E-state index is 0.00509. The largest absolute Gasteiger partial charge is 0.351 e. The Balaban J connectivity index is 2.58. The molecule has 1 aromatic rings. The summed E-state index contributed by atoms with van der Waals surface area (Å²) in [6.07, 6.45) is 2.09. The number of nitrogens with one attached hydrogen (secondary N) is 1. The molecule has 1 aromatic carbocycles. The molecule has 1 rings (SSSR count). The Hall–Kier alpha value is -1.02. The first kappa shape index (κ1) is 16.0. The van der Waals surface area contributed by atoms with Gasteiger partial charge in [-0.1, -0.05) is 32.8 Å². The van der Waals surface area contributed by atoms with E-state index in [4.69, 9.17) is 11.6 Å². The summed E-state index contributed by atoms with van der Waals surface area (Å²) in [5, 5.41) is 2.93. The number of aryl methyl sites for hydroxylation is 2. The highest BCUT2D eigenvalue weighted by atomic mass is 35.5. The number of hydrogen-bond acceptors (Lipinski definition) is 1. The topological polar surface area (TPSA) is 29.1 Å². The fraction of sp³-hybridized carbons (Fsp3) is 0.562. The highest BCUT2D eigenvalue weighted by Gasteiger charge is 2.17. The molecule has 0 aliphatic heterocycles. The maximum Gasteiger partial charge on any atom is 0.251 e. The zero-order chi connectivity index (χ0) is 14.4. The third-order valence-electron chi connectivity index (χ3n) is 3.79. The molecule has 1 atom stereocenters. The van der Waals surface area contributed by atoms with Gasteiger partial charge in [0.05, 0.1) is 5.38 Å². The van der Waals surface area contributed by atoms with E-state index in [9.17, 15) is 4.79 Å². The first-order valence-corrected chi connectivity index (χ1v) is 7.42. The summed E-state index contributed by atoms with van der Waals surface area (Å²) in [6.45, 7) is 8.85. The van der Waals surface area contributed by atoms with E-state index in [0.717, 1.165) is 18.4 Å². The van der Waals surface area contributed by atoms with E-state index in [0.29, 0.717) is 18.0 Å². The SMILES string of the molecule is CCC(CC)C(Cl)CNC(=O)c1ccc(C)c(C)c1. The van der Waals surface area contributed by atoms with Crippen molar-refractivity contribution in [3.8, 4) is 0 Å². The number of rotatable bonds is 6. The molecule has 3 heteroatoms. The fourth-order valence-corrected chi connectivity index (χ4v) is 2.58. The molecule has 0 heterocycles. The van der Waals surface area contributed by atoms with Crippen molar-refractivity contribution < 1.29 is 4.79 Å². The van der Waals surface area contributed by atoms with E-state index >= 15 is 0 Å². The van der Waals surface area contributed by atoms with E-state index in [2.05, 4.69) is 19.2 Å². The third kappa shape index (κ3) is 4.54. The minimum Gasteiger partial charge on any atom is -0.351 e. The average molecular weight is 282 g/mol. The molecule has 19 heavy (non-hydrogen) atoms. The monoisotopic (exact) mass is 281 g/mol. The van der Waals surface area contributed by atoms with Crippen molar-refractivity contribution in [2.45, 2.75) is 45.9 Å². The van der Waals surface area contributed by atoms with E-state index in [-0.39, 0.29) is 11.3 Å². The van der Waals surface area contributed by atoms with Crippen LogP contribution in [0.2, 0.25) is 0 Å². The van der Waals surface area contributed by atoms with Crippen LogP contribution in [0.1, 0.15) is 48.2 Å². The molecule has 0 spiro atoms. The molecule has 0 aromatic heterocycles. The number of halogens is 1. The van der Waals surface area contributed by atoms with Gasteiger partial charge >= 0.3 is 0 Å². The van der Waals surface area contributed by atoms with Gasteiger partial charge in [0, 0.05) is 12.1 Å². The van der Waals surface area contributed by atoms with Crippen molar-refractivity contribution in [3.05, 3.63) is 34.9 Å². The molecule has 106 valence electrons. The first-order valence-electron chi connectivity index (χ1n) is 6.99. The Labute approximate surface area is 121 Å².